The summed E-state index contributed by atoms with van der Waals surface area (Å²) in [6.45, 7) is 0. The number of hydrogen-bond donors (Lipinski definition) is 0. The molecule has 0 saturated carbocycles. The van der Waals surface area contributed by atoms with Gasteiger partial charge in [-0.2, -0.15) is 0 Å². The number of fused-ring (bicyclic) bond motifs is 5. The van der Waals surface area contributed by atoms with Gasteiger partial charge in [-0.25, -0.2) is 4.39 Å². The molecule has 0 N–H and O–H groups in total. The van der Waals surface area contributed by atoms with Crippen LogP contribution in [0.3, 0.4) is 0 Å². The lowest BCUT2D eigenvalue weighted by molar-refractivity contribution is 0.477. The van der Waals surface area contributed by atoms with Crippen LogP contribution in [-0.2, 0) is 0 Å². The Labute approximate surface area is 212 Å². The Bertz CT molecular complexity index is 1840. The summed E-state index contributed by atoms with van der Waals surface area (Å²) in [4.78, 5) is 11.2. The molecule has 1 aromatic heterocycles. The molecule has 0 radical (unpaired) electrons. The highest BCUT2D eigenvalue weighted by Gasteiger charge is 2.27. The van der Waals surface area contributed by atoms with Crippen molar-refractivity contribution in [2.75, 3.05) is 4.90 Å². The topological polar surface area (TPSA) is 38.2 Å². The van der Waals surface area contributed by atoms with Crippen LogP contribution in [0.1, 0.15) is 0 Å². The third kappa shape index (κ3) is 2.88. The van der Waals surface area contributed by atoms with Crippen molar-refractivity contribution in [1.82, 2.24) is 9.97 Å². The number of rotatable bonds is 2. The van der Waals surface area contributed by atoms with E-state index in [1.807, 2.05) is 36.4 Å². The molecule has 2 aliphatic rings. The van der Waals surface area contributed by atoms with Crippen molar-refractivity contribution in [3.8, 4) is 45.1 Å². The monoisotopic (exact) mass is 479 g/mol. The first-order valence-electron chi connectivity index (χ1n) is 12.1. The number of aromatic nitrogens is 2. The van der Waals surface area contributed by atoms with Gasteiger partial charge in [0.1, 0.15) is 5.82 Å². The van der Waals surface area contributed by atoms with E-state index in [4.69, 9.17) is 4.74 Å². The number of nitrogens with zero attached hydrogens (tertiary/aromatic N) is 3. The first-order chi connectivity index (χ1) is 18.3. The van der Waals surface area contributed by atoms with E-state index in [0.29, 0.717) is 0 Å². The highest BCUT2D eigenvalue weighted by Crippen LogP contribution is 2.51. The summed E-state index contributed by atoms with van der Waals surface area (Å²) in [5.41, 5.74) is 8.31. The molecule has 37 heavy (non-hydrogen) atoms. The molecule has 1 aliphatic heterocycles. The van der Waals surface area contributed by atoms with Gasteiger partial charge in [0.05, 0.1) is 22.8 Å². The third-order valence-electron chi connectivity index (χ3n) is 7.16. The van der Waals surface area contributed by atoms with Crippen LogP contribution >= 0.6 is 0 Å². The van der Waals surface area contributed by atoms with Crippen LogP contribution in [0, 0.1) is 5.82 Å². The molecule has 6 aromatic rings. The molecule has 174 valence electrons. The predicted octanol–water partition coefficient (Wildman–Crippen LogP) is 8.66. The maximum Gasteiger partial charge on any atom is 0.151 e. The summed E-state index contributed by atoms with van der Waals surface area (Å²) in [6, 6.07) is 31.8. The molecule has 0 spiro atoms. The zero-order valence-corrected chi connectivity index (χ0v) is 19.5. The first-order valence-corrected chi connectivity index (χ1v) is 12.1. The molecular formula is C32H18FN3O. The number of ether oxygens (including phenoxy) is 1. The van der Waals surface area contributed by atoms with Crippen molar-refractivity contribution in [2.45, 2.75) is 0 Å². The Morgan fingerprint density at radius 2 is 1.24 bits per heavy atom. The predicted molar refractivity (Wildman–Crippen MR) is 144 cm³/mol. The van der Waals surface area contributed by atoms with E-state index in [1.54, 1.807) is 24.5 Å². The van der Waals surface area contributed by atoms with Gasteiger partial charge < -0.3 is 9.64 Å². The van der Waals surface area contributed by atoms with Crippen LogP contribution in [0.15, 0.2) is 109 Å². The van der Waals surface area contributed by atoms with Gasteiger partial charge in [-0.1, -0.05) is 48.5 Å². The minimum Gasteiger partial charge on any atom is -0.453 e. The van der Waals surface area contributed by atoms with Crippen LogP contribution in [0.2, 0.25) is 0 Å². The van der Waals surface area contributed by atoms with E-state index in [2.05, 4.69) is 63.4 Å². The fourth-order valence-electron chi connectivity index (χ4n) is 5.59. The third-order valence-corrected chi connectivity index (χ3v) is 7.16. The van der Waals surface area contributed by atoms with Gasteiger partial charge in [0.15, 0.2) is 11.5 Å². The molecule has 5 aromatic carbocycles. The number of hydrogen-bond acceptors (Lipinski definition) is 4. The van der Waals surface area contributed by atoms with E-state index in [9.17, 15) is 4.39 Å². The van der Waals surface area contributed by atoms with Crippen molar-refractivity contribution in [3.05, 3.63) is 115 Å². The number of halogens is 1. The minimum absolute atomic E-state index is 0.280. The number of anilines is 3. The molecular weight excluding hydrogens is 461 g/mol. The molecule has 2 heterocycles. The van der Waals surface area contributed by atoms with Gasteiger partial charge >= 0.3 is 0 Å². The quantitative estimate of drug-likeness (QED) is 0.249. The second-order valence-electron chi connectivity index (χ2n) is 9.21. The van der Waals surface area contributed by atoms with Crippen LogP contribution < -0.4 is 9.64 Å². The molecule has 0 unspecified atom stereocenters. The van der Waals surface area contributed by atoms with E-state index < -0.39 is 0 Å². The van der Waals surface area contributed by atoms with Crippen molar-refractivity contribution in [3.63, 3.8) is 0 Å². The largest absolute Gasteiger partial charge is 0.453 e. The van der Waals surface area contributed by atoms with Crippen molar-refractivity contribution in [1.29, 1.82) is 0 Å². The Morgan fingerprint density at radius 1 is 0.622 bits per heavy atom. The second-order valence-corrected chi connectivity index (χ2v) is 9.21. The fourth-order valence-corrected chi connectivity index (χ4v) is 5.59. The van der Waals surface area contributed by atoms with Crippen LogP contribution in [0.25, 0.3) is 44.4 Å². The summed E-state index contributed by atoms with van der Waals surface area (Å²) in [6.07, 6.45) is 3.34. The van der Waals surface area contributed by atoms with Crippen molar-refractivity contribution >= 4 is 27.8 Å². The van der Waals surface area contributed by atoms with Crippen molar-refractivity contribution in [2.24, 2.45) is 0 Å². The SMILES string of the molecule is Fc1cc2c3c(ccc(-c4ccc(N5c6ccccc6Oc6ccccc65)cc4)c3c1)-c1nccnc1-2. The van der Waals surface area contributed by atoms with Gasteiger partial charge in [-0.3, -0.25) is 9.97 Å². The Hall–Kier alpha value is -5.03. The Kier molecular flexibility index (Phi) is 4.08. The summed E-state index contributed by atoms with van der Waals surface area (Å²) in [5.74, 6) is 1.35. The highest BCUT2D eigenvalue weighted by atomic mass is 19.1. The zero-order valence-electron chi connectivity index (χ0n) is 19.5. The molecule has 1 aliphatic carbocycles. The molecule has 5 heteroatoms. The molecule has 8 rings (SSSR count). The maximum absolute atomic E-state index is 14.8. The maximum atomic E-state index is 14.8. The van der Waals surface area contributed by atoms with Crippen molar-refractivity contribution < 1.29 is 9.13 Å². The highest BCUT2D eigenvalue weighted by molar-refractivity contribution is 6.17. The van der Waals surface area contributed by atoms with E-state index >= 15 is 0 Å². The van der Waals surface area contributed by atoms with E-state index in [1.165, 1.54) is 0 Å². The van der Waals surface area contributed by atoms with Gasteiger partial charge in [-0.15, -0.1) is 0 Å². The summed E-state index contributed by atoms with van der Waals surface area (Å²) in [7, 11) is 0. The molecule has 0 fully saturated rings. The lowest BCUT2D eigenvalue weighted by Gasteiger charge is -2.32. The average Bonchev–Trinajstić information content (AvgIpc) is 3.26. The van der Waals surface area contributed by atoms with E-state index in [0.717, 1.165) is 73.0 Å². The Morgan fingerprint density at radius 3 is 1.95 bits per heavy atom. The summed E-state index contributed by atoms with van der Waals surface area (Å²) >= 11 is 0. The van der Waals surface area contributed by atoms with Gasteiger partial charge in [0.25, 0.3) is 0 Å². The summed E-state index contributed by atoms with van der Waals surface area (Å²) < 4.78 is 21.0. The fraction of sp³-hybridized carbons (Fsp3) is 0. The lowest BCUT2D eigenvalue weighted by Crippen LogP contribution is -2.15. The number of benzene rings is 5. The second kappa shape index (κ2) is 7.48. The van der Waals surface area contributed by atoms with Gasteiger partial charge in [-0.05, 0) is 65.0 Å². The van der Waals surface area contributed by atoms with Crippen LogP contribution in [0.4, 0.5) is 21.5 Å². The summed E-state index contributed by atoms with van der Waals surface area (Å²) in [5, 5.41) is 1.86. The normalized spacial score (nSPS) is 12.6. The number of para-hydroxylation sites is 4. The van der Waals surface area contributed by atoms with E-state index in [-0.39, 0.29) is 5.82 Å². The smallest absolute Gasteiger partial charge is 0.151 e. The van der Waals surface area contributed by atoms with Crippen LogP contribution in [-0.4, -0.2) is 9.97 Å². The van der Waals surface area contributed by atoms with Gasteiger partial charge in [0, 0.05) is 34.6 Å². The average molecular weight is 480 g/mol. The minimum atomic E-state index is -0.280. The lowest BCUT2D eigenvalue weighted by atomic mass is 9.94. The molecule has 0 saturated heterocycles. The Balaban J connectivity index is 1.28. The molecule has 0 bridgehead atoms. The first kappa shape index (κ1) is 20.2. The standard InChI is InChI=1S/C32H18FN3O/c33-20-17-24-22(13-14-23-30(24)25(18-20)32-31(23)34-15-16-35-32)19-9-11-21(12-10-19)36-26-5-1-3-7-28(26)37-29-8-4-2-6-27(29)36/h1-18H. The van der Waals surface area contributed by atoms with Gasteiger partial charge in [0.2, 0.25) is 0 Å². The molecule has 4 nitrogen and oxygen atoms in total. The molecule has 0 atom stereocenters. The molecule has 0 amide bonds. The van der Waals surface area contributed by atoms with Crippen LogP contribution in [0.5, 0.6) is 11.5 Å². The zero-order chi connectivity index (χ0) is 24.5.